The minimum atomic E-state index is -0.377. The van der Waals surface area contributed by atoms with E-state index in [-0.39, 0.29) is 29.8 Å². The van der Waals surface area contributed by atoms with E-state index in [4.69, 9.17) is 0 Å². The zero-order chi connectivity index (χ0) is 13.1. The average molecular weight is 239 g/mol. The Balaban J connectivity index is 2.97. The molecule has 0 aromatic heterocycles. The maximum absolute atomic E-state index is 12.8. The van der Waals surface area contributed by atoms with Gasteiger partial charge in [-0.25, -0.2) is 4.39 Å². The zero-order valence-electron chi connectivity index (χ0n) is 11.0. The van der Waals surface area contributed by atoms with E-state index in [0.29, 0.717) is 0 Å². The molecule has 0 saturated carbocycles. The van der Waals surface area contributed by atoms with Crippen LogP contribution in [0.15, 0.2) is 24.3 Å². The predicted molar refractivity (Wildman–Crippen MR) is 69.5 cm³/mol. The van der Waals surface area contributed by atoms with Gasteiger partial charge in [-0.3, -0.25) is 0 Å². The first-order chi connectivity index (χ1) is 7.92. The van der Waals surface area contributed by atoms with Gasteiger partial charge in [0.15, 0.2) is 0 Å². The van der Waals surface area contributed by atoms with Gasteiger partial charge in [-0.05, 0) is 36.1 Å². The second kappa shape index (κ2) is 5.50. The summed E-state index contributed by atoms with van der Waals surface area (Å²) in [5.74, 6) is 0.300. The van der Waals surface area contributed by atoms with Gasteiger partial charge in [0.25, 0.3) is 0 Å². The Kier molecular flexibility index (Phi) is 4.52. The Bertz CT molecular complexity index is 338. The molecule has 3 heteroatoms. The van der Waals surface area contributed by atoms with Crippen LogP contribution in [0.3, 0.4) is 0 Å². The zero-order valence-corrected chi connectivity index (χ0v) is 11.0. The lowest BCUT2D eigenvalue weighted by atomic mass is 9.77. The number of aliphatic hydroxyl groups is 1. The molecule has 1 rings (SSSR count). The summed E-state index contributed by atoms with van der Waals surface area (Å²) in [7, 11) is 0. The lowest BCUT2D eigenvalue weighted by Gasteiger charge is -2.41. The lowest BCUT2D eigenvalue weighted by molar-refractivity contribution is 0.131. The molecule has 2 nitrogen and oxygen atoms in total. The molecular weight excluding hydrogens is 217 g/mol. The van der Waals surface area contributed by atoms with Crippen molar-refractivity contribution in [2.45, 2.75) is 33.2 Å². The number of aliphatic hydroxyl groups excluding tert-OH is 1. The van der Waals surface area contributed by atoms with E-state index in [1.165, 1.54) is 12.1 Å². The van der Waals surface area contributed by atoms with E-state index < -0.39 is 0 Å². The van der Waals surface area contributed by atoms with Crippen LogP contribution in [0, 0.1) is 17.7 Å². The van der Waals surface area contributed by atoms with Crippen LogP contribution in [0.25, 0.3) is 0 Å². The number of hydrogen-bond donors (Lipinski definition) is 2. The molecule has 0 saturated heterocycles. The second-order valence-electron chi connectivity index (χ2n) is 5.14. The van der Waals surface area contributed by atoms with Crippen molar-refractivity contribution in [3.63, 3.8) is 0 Å². The normalized spacial score (nSPS) is 12.2. The van der Waals surface area contributed by atoms with E-state index >= 15 is 0 Å². The Morgan fingerprint density at radius 3 is 1.94 bits per heavy atom. The Morgan fingerprint density at radius 2 is 1.59 bits per heavy atom. The molecule has 0 aliphatic heterocycles. The van der Waals surface area contributed by atoms with Crippen LogP contribution in [-0.4, -0.2) is 17.3 Å². The number of halogens is 1. The van der Waals surface area contributed by atoms with Crippen LogP contribution in [0.4, 0.5) is 10.1 Å². The molecule has 0 spiro atoms. The van der Waals surface area contributed by atoms with Gasteiger partial charge < -0.3 is 10.4 Å². The van der Waals surface area contributed by atoms with E-state index in [0.717, 1.165) is 5.69 Å². The highest BCUT2D eigenvalue weighted by atomic mass is 19.1. The molecule has 0 radical (unpaired) electrons. The lowest BCUT2D eigenvalue weighted by Crippen LogP contribution is -2.51. The van der Waals surface area contributed by atoms with Crippen molar-refractivity contribution in [2.24, 2.45) is 11.8 Å². The van der Waals surface area contributed by atoms with E-state index in [2.05, 4.69) is 33.0 Å². The highest BCUT2D eigenvalue weighted by Gasteiger charge is 2.36. The number of nitrogens with one attached hydrogen (secondary N) is 1. The molecule has 1 aromatic carbocycles. The van der Waals surface area contributed by atoms with Crippen molar-refractivity contribution in [1.82, 2.24) is 0 Å². The van der Waals surface area contributed by atoms with E-state index in [9.17, 15) is 9.50 Å². The summed E-state index contributed by atoms with van der Waals surface area (Å²) in [4.78, 5) is 0. The van der Waals surface area contributed by atoms with Gasteiger partial charge in [0, 0.05) is 5.69 Å². The summed E-state index contributed by atoms with van der Waals surface area (Å²) < 4.78 is 12.8. The third-order valence-electron chi connectivity index (χ3n) is 3.54. The van der Waals surface area contributed by atoms with Crippen molar-refractivity contribution in [3.05, 3.63) is 30.1 Å². The summed E-state index contributed by atoms with van der Waals surface area (Å²) in [6.45, 7) is 8.36. The molecule has 0 amide bonds. The fraction of sp³-hybridized carbons (Fsp3) is 0.571. The molecule has 2 N–H and O–H groups in total. The molecule has 0 bridgehead atoms. The summed E-state index contributed by atoms with van der Waals surface area (Å²) in [6.07, 6.45) is 0. The molecule has 0 heterocycles. The highest BCUT2D eigenvalue weighted by molar-refractivity contribution is 5.46. The average Bonchev–Trinajstić information content (AvgIpc) is 2.27. The van der Waals surface area contributed by atoms with Crippen molar-refractivity contribution < 1.29 is 9.50 Å². The maximum atomic E-state index is 12.8. The molecule has 0 aliphatic rings. The van der Waals surface area contributed by atoms with Crippen molar-refractivity contribution in [1.29, 1.82) is 0 Å². The number of rotatable bonds is 5. The van der Waals surface area contributed by atoms with Gasteiger partial charge in [-0.2, -0.15) is 0 Å². The smallest absolute Gasteiger partial charge is 0.123 e. The predicted octanol–water partition coefficient (Wildman–Crippen LogP) is 3.28. The van der Waals surface area contributed by atoms with E-state index in [1.807, 2.05) is 0 Å². The van der Waals surface area contributed by atoms with Gasteiger partial charge >= 0.3 is 0 Å². The summed E-state index contributed by atoms with van der Waals surface area (Å²) >= 11 is 0. The summed E-state index contributed by atoms with van der Waals surface area (Å²) in [5.41, 5.74) is 0.459. The fourth-order valence-electron chi connectivity index (χ4n) is 2.16. The second-order valence-corrected chi connectivity index (χ2v) is 5.14. The number of hydrogen-bond acceptors (Lipinski definition) is 2. The van der Waals surface area contributed by atoms with Gasteiger partial charge in [-0.15, -0.1) is 0 Å². The molecule has 0 unspecified atom stereocenters. The fourth-order valence-corrected chi connectivity index (χ4v) is 2.16. The third-order valence-corrected chi connectivity index (χ3v) is 3.54. The molecule has 17 heavy (non-hydrogen) atoms. The SMILES string of the molecule is CC(C)C(CO)(Nc1ccc(F)cc1)C(C)C. The van der Waals surface area contributed by atoms with Gasteiger partial charge in [0.05, 0.1) is 12.1 Å². The Morgan fingerprint density at radius 1 is 1.12 bits per heavy atom. The van der Waals surface area contributed by atoms with Crippen molar-refractivity contribution >= 4 is 5.69 Å². The molecule has 0 aliphatic carbocycles. The Hall–Kier alpha value is -1.09. The van der Waals surface area contributed by atoms with Gasteiger partial charge in [0.1, 0.15) is 5.82 Å². The standard InChI is InChI=1S/C14H22FNO/c1-10(2)14(9-17,11(3)4)16-13-7-5-12(15)6-8-13/h5-8,10-11,16-17H,9H2,1-4H3. The summed E-state index contributed by atoms with van der Waals surface area (Å²) in [5, 5.41) is 13.0. The number of anilines is 1. The quantitative estimate of drug-likeness (QED) is 0.826. The van der Waals surface area contributed by atoms with Crippen LogP contribution in [0.5, 0.6) is 0 Å². The third kappa shape index (κ3) is 2.97. The molecule has 1 aromatic rings. The van der Waals surface area contributed by atoms with Crippen molar-refractivity contribution in [3.8, 4) is 0 Å². The highest BCUT2D eigenvalue weighted by Crippen LogP contribution is 2.30. The molecule has 96 valence electrons. The van der Waals surface area contributed by atoms with Gasteiger partial charge in [-0.1, -0.05) is 27.7 Å². The van der Waals surface area contributed by atoms with Crippen LogP contribution in [0.2, 0.25) is 0 Å². The topological polar surface area (TPSA) is 32.3 Å². The van der Waals surface area contributed by atoms with Gasteiger partial charge in [0.2, 0.25) is 0 Å². The van der Waals surface area contributed by atoms with Crippen LogP contribution in [0.1, 0.15) is 27.7 Å². The molecule has 0 fully saturated rings. The van der Waals surface area contributed by atoms with Crippen LogP contribution < -0.4 is 5.32 Å². The monoisotopic (exact) mass is 239 g/mol. The maximum Gasteiger partial charge on any atom is 0.123 e. The van der Waals surface area contributed by atoms with Crippen LogP contribution >= 0.6 is 0 Å². The minimum absolute atomic E-state index is 0.0553. The first-order valence-corrected chi connectivity index (χ1v) is 6.07. The van der Waals surface area contributed by atoms with Crippen molar-refractivity contribution in [2.75, 3.05) is 11.9 Å². The summed E-state index contributed by atoms with van der Waals surface area (Å²) in [6, 6.07) is 6.24. The molecular formula is C14H22FNO. The van der Waals surface area contributed by atoms with Crippen LogP contribution in [-0.2, 0) is 0 Å². The minimum Gasteiger partial charge on any atom is -0.394 e. The Labute approximate surface area is 103 Å². The van der Waals surface area contributed by atoms with E-state index in [1.54, 1.807) is 12.1 Å². The first kappa shape index (κ1) is 14.0. The largest absolute Gasteiger partial charge is 0.394 e. The molecule has 0 atom stereocenters. The first-order valence-electron chi connectivity index (χ1n) is 6.07. The number of benzene rings is 1.